The predicted molar refractivity (Wildman–Crippen MR) is 559 cm³/mol. The van der Waals surface area contributed by atoms with Gasteiger partial charge in [0.2, 0.25) is 0 Å². The molecule has 24 aromatic carbocycles. The average Bonchev–Trinajstić information content (AvgIpc) is 1.52. The zero-order chi connectivity index (χ0) is 85.2. The van der Waals surface area contributed by atoms with Gasteiger partial charge < -0.3 is 0 Å². The largest absolute Gasteiger partial charge is 0.0776 e. The molecule has 0 heteroatoms. The maximum Gasteiger partial charge on any atom is 0.0165 e. The average molecular weight is 1650 g/mol. The van der Waals surface area contributed by atoms with Crippen molar-refractivity contribution in [1.82, 2.24) is 0 Å². The van der Waals surface area contributed by atoms with Gasteiger partial charge in [0, 0.05) is 32.5 Å². The smallest absolute Gasteiger partial charge is 0.0165 e. The summed E-state index contributed by atoms with van der Waals surface area (Å²) in [6.07, 6.45) is 0. The highest BCUT2D eigenvalue weighted by Crippen LogP contribution is 2.66. The third-order valence-corrected chi connectivity index (χ3v) is 33.1. The van der Waals surface area contributed by atoms with E-state index in [1.54, 1.807) is 0 Å². The van der Waals surface area contributed by atoms with Crippen LogP contribution in [-0.2, 0) is 32.5 Å². The molecule has 616 valence electrons. The van der Waals surface area contributed by atoms with Crippen molar-refractivity contribution in [2.45, 2.75) is 137 Å². The Bertz CT molecular complexity index is 9210. The predicted octanol–water partition coefficient (Wildman–Crippen LogP) is 36.1. The zero-order valence-electron chi connectivity index (χ0n) is 74.1. The van der Waals surface area contributed by atoms with Crippen molar-refractivity contribution < 1.29 is 0 Å². The molecule has 0 bridgehead atoms. The van der Waals surface area contributed by atoms with Crippen molar-refractivity contribution in [3.8, 4) is 66.8 Å². The minimum absolute atomic E-state index is 0. The normalized spacial score (nSPS) is 15.7. The Morgan fingerprint density at radius 2 is 0.395 bits per heavy atom. The van der Waals surface area contributed by atoms with Crippen molar-refractivity contribution in [2.24, 2.45) is 0 Å². The molecule has 0 spiro atoms. The monoisotopic (exact) mass is 1650 g/mol. The zero-order valence-corrected chi connectivity index (χ0v) is 74.1. The number of rotatable bonds is 0. The second-order valence-electron chi connectivity index (χ2n) is 41.6. The molecule has 0 aliphatic heterocycles. The lowest BCUT2D eigenvalue weighted by Gasteiger charge is -2.25. The molecule has 0 amide bonds. The number of hydrogen-bond acceptors (Lipinski definition) is 0. The second-order valence-corrected chi connectivity index (χ2v) is 41.6. The molecule has 129 heavy (non-hydrogen) atoms. The highest BCUT2D eigenvalue weighted by atomic mass is 14.5. The first-order valence-corrected chi connectivity index (χ1v) is 46.0. The van der Waals surface area contributed by atoms with Crippen LogP contribution in [0.2, 0.25) is 0 Å². The van der Waals surface area contributed by atoms with Gasteiger partial charge in [-0.3, -0.25) is 0 Å². The SMILES string of the molecule is C.C.CC1(C)c2cc3c(cc2-c2c1cc1ccc4cccc5ccc2c1c45)C(C)(C)c1c-3c2ccccc2c2c1ccc1ccccc12.CC1(C)c2cc3c(cc2-c2c1cc1ccc4cccc5ccc2c1c45)C(C)(C)c1c-3c2ccccc2c2ccccc12.Cc1cc2c(c3ccccc13)-c1cc3c(cc1C2(C)C)-c1c(cc2ccc4cccc5ccc1c2c45)C3(C)C. The lowest BCUT2D eigenvalue weighted by Crippen LogP contribution is -2.17. The van der Waals surface area contributed by atoms with Gasteiger partial charge in [0.15, 0.2) is 0 Å². The molecule has 0 heterocycles. The van der Waals surface area contributed by atoms with Gasteiger partial charge in [0.25, 0.3) is 0 Å². The molecule has 0 radical (unpaired) electrons. The fourth-order valence-corrected chi connectivity index (χ4v) is 27.1. The molecule has 6 aliphatic carbocycles. The van der Waals surface area contributed by atoms with Crippen LogP contribution in [0.5, 0.6) is 0 Å². The Balaban J connectivity index is 0.000000102. The number of benzene rings is 24. The van der Waals surface area contributed by atoms with E-state index < -0.39 is 0 Å². The van der Waals surface area contributed by atoms with Gasteiger partial charge in [-0.05, 0) is 362 Å². The van der Waals surface area contributed by atoms with Crippen molar-refractivity contribution in [2.75, 3.05) is 0 Å². The van der Waals surface area contributed by atoms with E-state index in [0.29, 0.717) is 0 Å². The summed E-state index contributed by atoms with van der Waals surface area (Å²) in [5, 5.41) is 41.0. The van der Waals surface area contributed by atoms with Crippen molar-refractivity contribution in [3.05, 3.63) is 394 Å². The van der Waals surface area contributed by atoms with Crippen LogP contribution < -0.4 is 0 Å². The molecule has 0 saturated heterocycles. The molecule has 0 nitrogen and oxygen atoms in total. The summed E-state index contributed by atoms with van der Waals surface area (Å²) in [6.45, 7) is 31.5. The molecular formula is C129H100. The number of aryl methyl sites for hydroxylation is 1. The number of fused-ring (bicyclic) bond motifs is 35. The standard InChI is InChI=1S/C46H32.C42H30.C39H30.2CH4/c1-45(2)36-24-35-37(23-34(36)42-32-20-19-27-12-9-11-26-16-17-28(22-38(42)45)40(32)39(26)27)46(3,4)44-33-21-18-25-10-5-6-13-29(25)41(33)30-14-7-8-15-31(30)43(35)44;1-41(2)33-22-32-34(42(3,4)40-29-15-8-6-13-27(29)26-12-5-7-14-28(26)39(32)40)21-31(33)38-30-19-18-24-11-9-10-23-16-17-25(20-35(38)41)37(30)36(23)24;1-21-17-32-36(26-12-7-6-11-25(21)26)28-19-31-29(20-30(28)38(32,2)3)37-27-16-15-23-10-8-9-22-13-14-24(35(27)34(22)23)18-33(37)39(31,4)5;;/h5-24H,1-4H3;5-22H,1-4H3;6-20H,1-5H3;2*1H4. The first-order valence-electron chi connectivity index (χ1n) is 46.0. The summed E-state index contributed by atoms with van der Waals surface area (Å²) in [6, 6.07) is 123. The molecule has 0 aromatic heterocycles. The molecule has 0 atom stereocenters. The number of hydrogen-bond donors (Lipinski definition) is 0. The lowest BCUT2D eigenvalue weighted by atomic mass is 9.77. The van der Waals surface area contributed by atoms with Crippen LogP contribution in [0.25, 0.3) is 228 Å². The third kappa shape index (κ3) is 9.39. The van der Waals surface area contributed by atoms with Crippen LogP contribution >= 0.6 is 0 Å². The van der Waals surface area contributed by atoms with Gasteiger partial charge >= 0.3 is 0 Å². The van der Waals surface area contributed by atoms with Crippen LogP contribution in [-0.4, -0.2) is 0 Å². The Kier molecular flexibility index (Phi) is 14.9. The molecule has 24 aromatic rings. The van der Waals surface area contributed by atoms with Crippen molar-refractivity contribution >= 4 is 162 Å². The molecule has 30 rings (SSSR count). The van der Waals surface area contributed by atoms with Crippen LogP contribution in [0.15, 0.2) is 322 Å². The minimum Gasteiger partial charge on any atom is -0.0776 e. The first kappa shape index (κ1) is 76.2. The van der Waals surface area contributed by atoms with E-state index in [-0.39, 0.29) is 47.3 Å². The fraction of sp³-hybridized carbons (Fsp3) is 0.163. The van der Waals surface area contributed by atoms with Crippen LogP contribution in [0, 0.1) is 6.92 Å². The van der Waals surface area contributed by atoms with E-state index in [4.69, 9.17) is 0 Å². The maximum absolute atomic E-state index is 2.59. The van der Waals surface area contributed by atoms with Crippen LogP contribution in [0.1, 0.15) is 170 Å². The van der Waals surface area contributed by atoms with E-state index in [2.05, 4.69) is 412 Å². The Morgan fingerprint density at radius 1 is 0.147 bits per heavy atom. The molecule has 0 unspecified atom stereocenters. The summed E-state index contributed by atoms with van der Waals surface area (Å²) < 4.78 is 0. The Labute approximate surface area is 754 Å². The van der Waals surface area contributed by atoms with Gasteiger partial charge in [-0.25, -0.2) is 0 Å². The Hall–Kier alpha value is -14.0. The first-order chi connectivity index (χ1) is 61.5. The third-order valence-electron chi connectivity index (χ3n) is 33.1. The summed E-state index contributed by atoms with van der Waals surface area (Å²) in [4.78, 5) is 0. The van der Waals surface area contributed by atoms with E-state index in [9.17, 15) is 0 Å². The van der Waals surface area contributed by atoms with E-state index in [1.165, 1.54) is 301 Å². The molecule has 6 aliphatic rings. The second kappa shape index (κ2) is 25.3. The highest BCUT2D eigenvalue weighted by Gasteiger charge is 2.49. The summed E-state index contributed by atoms with van der Waals surface area (Å²) >= 11 is 0. The highest BCUT2D eigenvalue weighted by molar-refractivity contribution is 6.32. The van der Waals surface area contributed by atoms with Crippen LogP contribution in [0.4, 0.5) is 0 Å². The lowest BCUT2D eigenvalue weighted by molar-refractivity contribution is 0.652. The van der Waals surface area contributed by atoms with Gasteiger partial charge in [-0.15, -0.1) is 0 Å². The van der Waals surface area contributed by atoms with Crippen molar-refractivity contribution in [1.29, 1.82) is 0 Å². The van der Waals surface area contributed by atoms with Crippen molar-refractivity contribution in [3.63, 3.8) is 0 Å². The molecule has 0 saturated carbocycles. The van der Waals surface area contributed by atoms with Gasteiger partial charge in [0.1, 0.15) is 0 Å². The van der Waals surface area contributed by atoms with E-state index in [0.717, 1.165) is 0 Å². The van der Waals surface area contributed by atoms with Gasteiger partial charge in [-0.2, -0.15) is 0 Å². The molecular weight excluding hydrogens is 1550 g/mol. The fourth-order valence-electron chi connectivity index (χ4n) is 27.1. The van der Waals surface area contributed by atoms with Crippen LogP contribution in [0.3, 0.4) is 0 Å². The van der Waals surface area contributed by atoms with E-state index in [1.807, 2.05) is 0 Å². The minimum atomic E-state index is -0.152. The summed E-state index contributed by atoms with van der Waals surface area (Å²) in [7, 11) is 0. The summed E-state index contributed by atoms with van der Waals surface area (Å²) in [5.74, 6) is 0. The Morgan fingerprint density at radius 3 is 0.791 bits per heavy atom. The molecule has 0 fully saturated rings. The quantitative estimate of drug-likeness (QED) is 0.133. The van der Waals surface area contributed by atoms with E-state index >= 15 is 0 Å². The topological polar surface area (TPSA) is 0 Å². The molecule has 0 N–H and O–H groups in total. The summed E-state index contributed by atoms with van der Waals surface area (Å²) in [5.41, 5.74) is 35.4. The maximum atomic E-state index is 2.59. The van der Waals surface area contributed by atoms with Gasteiger partial charge in [0.05, 0.1) is 0 Å². The van der Waals surface area contributed by atoms with Gasteiger partial charge in [-0.1, -0.05) is 365 Å².